The van der Waals surface area contributed by atoms with E-state index in [0.29, 0.717) is 30.0 Å². The Hall–Kier alpha value is -2.82. The number of aliphatic hydroxyl groups is 1. The number of nitrogens with one attached hydrogen (secondary N) is 1. The molecule has 180 valence electrons. The van der Waals surface area contributed by atoms with Crippen LogP contribution in [0.25, 0.3) is 21.9 Å². The first kappa shape index (κ1) is 22.9. The molecule has 8 nitrogen and oxygen atoms in total. The number of hydrogen-bond acceptors (Lipinski definition) is 7. The monoisotopic (exact) mass is 485 g/mol. The van der Waals surface area contributed by atoms with Gasteiger partial charge >= 0.3 is 0 Å². The molecule has 0 unspecified atom stereocenters. The number of hydrogen-bond donors (Lipinski definition) is 2. The van der Waals surface area contributed by atoms with E-state index < -0.39 is 17.2 Å². The van der Waals surface area contributed by atoms with Gasteiger partial charge in [0.25, 0.3) is 5.91 Å². The quantitative estimate of drug-likeness (QED) is 0.539. The first-order chi connectivity index (χ1) is 16.5. The molecule has 1 saturated heterocycles. The summed E-state index contributed by atoms with van der Waals surface area (Å²) in [5, 5.41) is 11.9. The number of aromatic nitrogens is 2. The molecule has 0 spiro atoms. The second kappa shape index (κ2) is 9.44. The Morgan fingerprint density at radius 3 is 2.97 bits per heavy atom. The zero-order chi connectivity index (χ0) is 23.8. The van der Waals surface area contributed by atoms with Gasteiger partial charge in [0, 0.05) is 43.4 Å². The van der Waals surface area contributed by atoms with E-state index in [1.165, 1.54) is 17.4 Å². The van der Waals surface area contributed by atoms with Crippen LogP contribution >= 0.6 is 11.3 Å². The van der Waals surface area contributed by atoms with Gasteiger partial charge in [-0.25, -0.2) is 9.37 Å². The maximum absolute atomic E-state index is 15.4. The van der Waals surface area contributed by atoms with Crippen molar-refractivity contribution in [1.29, 1.82) is 0 Å². The molecule has 1 aliphatic carbocycles. The lowest BCUT2D eigenvalue weighted by atomic mass is 10.1. The fourth-order valence-corrected chi connectivity index (χ4v) is 5.95. The number of halogens is 1. The van der Waals surface area contributed by atoms with Crippen LogP contribution in [0.15, 0.2) is 16.9 Å². The summed E-state index contributed by atoms with van der Waals surface area (Å²) in [6.45, 7) is 3.27. The van der Waals surface area contributed by atoms with E-state index in [2.05, 4.69) is 23.3 Å². The third-order valence-electron chi connectivity index (χ3n) is 6.48. The standard InChI is InChI=1S/C24H28FN5O3S/c1-28-9-5-10-29(12-11-28)22-16(25)14-15-20(32)19(23(33)26-8-4-13-31)24-30(21(15)27-22)17-6-2-3-7-18(17)34-24/h3,7,14,31H,2,4-6,8-13H2,1H3,(H,26,33). The summed E-state index contributed by atoms with van der Waals surface area (Å²) in [7, 11) is 2.05. The van der Waals surface area contributed by atoms with Crippen molar-refractivity contribution in [3.05, 3.63) is 44.3 Å². The molecule has 4 heterocycles. The Kier molecular flexibility index (Phi) is 6.37. The van der Waals surface area contributed by atoms with Crippen molar-refractivity contribution in [2.45, 2.75) is 25.7 Å². The molecule has 5 rings (SSSR count). The highest BCUT2D eigenvalue weighted by molar-refractivity contribution is 7.18. The van der Waals surface area contributed by atoms with Crippen LogP contribution in [0.3, 0.4) is 0 Å². The summed E-state index contributed by atoms with van der Waals surface area (Å²) in [6.07, 6.45) is 6.96. The maximum Gasteiger partial charge on any atom is 0.258 e. The van der Waals surface area contributed by atoms with Crippen LogP contribution in [0.1, 0.15) is 40.2 Å². The smallest absolute Gasteiger partial charge is 0.258 e. The molecule has 3 aromatic rings. The number of rotatable bonds is 5. The topological polar surface area (TPSA) is 90.2 Å². The molecule has 1 aliphatic heterocycles. The predicted molar refractivity (Wildman–Crippen MR) is 133 cm³/mol. The van der Waals surface area contributed by atoms with Crippen molar-refractivity contribution in [2.24, 2.45) is 0 Å². The SMILES string of the molecule is CN1CCCN(c2nc3c(cc2F)c(=O)c(C(=O)NCCCO)c2sc4c(n23)CCC=C4)CC1. The summed E-state index contributed by atoms with van der Waals surface area (Å²) < 4.78 is 17.2. The van der Waals surface area contributed by atoms with Crippen molar-refractivity contribution in [2.75, 3.05) is 51.3 Å². The number of carbonyl (C=O) groups excluding carboxylic acids is 1. The van der Waals surface area contributed by atoms with Crippen molar-refractivity contribution in [3.63, 3.8) is 0 Å². The first-order valence-corrected chi connectivity index (χ1v) is 12.5. The van der Waals surface area contributed by atoms with Gasteiger partial charge in [0.1, 0.15) is 10.4 Å². The Morgan fingerprint density at radius 2 is 2.15 bits per heavy atom. The Balaban J connectivity index is 1.73. The Bertz CT molecular complexity index is 1350. The highest BCUT2D eigenvalue weighted by atomic mass is 32.1. The minimum Gasteiger partial charge on any atom is -0.396 e. The number of allylic oxidation sites excluding steroid dienone is 1. The molecular formula is C24H28FN5O3S. The molecule has 1 amide bonds. The van der Waals surface area contributed by atoms with Crippen molar-refractivity contribution in [1.82, 2.24) is 19.6 Å². The van der Waals surface area contributed by atoms with E-state index >= 15 is 4.39 Å². The van der Waals surface area contributed by atoms with E-state index in [9.17, 15) is 9.59 Å². The molecular weight excluding hydrogens is 457 g/mol. The fourth-order valence-electron chi connectivity index (χ4n) is 4.69. The molecule has 0 radical (unpaired) electrons. The van der Waals surface area contributed by atoms with Gasteiger partial charge in [-0.15, -0.1) is 11.3 Å². The number of nitrogens with zero attached hydrogens (tertiary/aromatic N) is 4. The normalized spacial score (nSPS) is 16.7. The van der Waals surface area contributed by atoms with Gasteiger partial charge in [-0.3, -0.25) is 14.0 Å². The second-order valence-corrected chi connectivity index (χ2v) is 9.87. The van der Waals surface area contributed by atoms with Crippen LogP contribution in [0, 0.1) is 5.82 Å². The molecule has 2 aliphatic rings. The van der Waals surface area contributed by atoms with E-state index in [1.807, 2.05) is 15.4 Å². The minimum atomic E-state index is -0.551. The van der Waals surface area contributed by atoms with Gasteiger partial charge in [0.2, 0.25) is 5.43 Å². The van der Waals surface area contributed by atoms with Gasteiger partial charge in [0.05, 0.1) is 5.39 Å². The third-order valence-corrected chi connectivity index (χ3v) is 7.65. The number of fused-ring (bicyclic) bond motifs is 5. The molecule has 10 heteroatoms. The van der Waals surface area contributed by atoms with Crippen LogP contribution in [0.4, 0.5) is 10.2 Å². The maximum atomic E-state index is 15.4. The zero-order valence-corrected chi connectivity index (χ0v) is 20.0. The van der Waals surface area contributed by atoms with Gasteiger partial charge in [-0.05, 0) is 51.4 Å². The summed E-state index contributed by atoms with van der Waals surface area (Å²) >= 11 is 1.38. The second-order valence-electron chi connectivity index (χ2n) is 8.84. The average molecular weight is 486 g/mol. The van der Waals surface area contributed by atoms with Crippen molar-refractivity contribution >= 4 is 45.0 Å². The van der Waals surface area contributed by atoms with Crippen molar-refractivity contribution in [3.8, 4) is 0 Å². The first-order valence-electron chi connectivity index (χ1n) is 11.7. The van der Waals surface area contributed by atoms with Crippen LogP contribution in [0.2, 0.25) is 0 Å². The van der Waals surface area contributed by atoms with E-state index in [1.54, 1.807) is 0 Å². The highest BCUT2D eigenvalue weighted by Crippen LogP contribution is 2.34. The molecule has 1 fully saturated rings. The lowest BCUT2D eigenvalue weighted by Crippen LogP contribution is -2.32. The zero-order valence-electron chi connectivity index (χ0n) is 19.1. The van der Waals surface area contributed by atoms with E-state index in [4.69, 9.17) is 10.1 Å². The molecule has 0 saturated carbocycles. The summed E-state index contributed by atoms with van der Waals surface area (Å²) in [6, 6.07) is 1.24. The fraction of sp³-hybridized carbons (Fsp3) is 0.458. The van der Waals surface area contributed by atoms with E-state index in [0.717, 1.165) is 42.9 Å². The molecule has 0 atom stereocenters. The molecule has 3 aromatic heterocycles. The lowest BCUT2D eigenvalue weighted by molar-refractivity contribution is 0.0952. The lowest BCUT2D eigenvalue weighted by Gasteiger charge is -2.23. The number of aryl methyl sites for hydroxylation is 1. The predicted octanol–water partition coefficient (Wildman–Crippen LogP) is 2.26. The summed E-state index contributed by atoms with van der Waals surface area (Å²) in [5.74, 6) is -0.812. The summed E-state index contributed by atoms with van der Waals surface area (Å²) in [4.78, 5) is 36.9. The Morgan fingerprint density at radius 1 is 1.29 bits per heavy atom. The van der Waals surface area contributed by atoms with Crippen LogP contribution < -0.4 is 15.6 Å². The molecule has 2 N–H and O–H groups in total. The van der Waals surface area contributed by atoms with Gasteiger partial charge in [-0.2, -0.15) is 0 Å². The van der Waals surface area contributed by atoms with Crippen molar-refractivity contribution < 1.29 is 14.3 Å². The largest absolute Gasteiger partial charge is 0.396 e. The molecule has 0 bridgehead atoms. The molecule has 0 aromatic carbocycles. The number of pyridine rings is 2. The summed E-state index contributed by atoms with van der Waals surface area (Å²) in [5.41, 5.74) is 0.863. The highest BCUT2D eigenvalue weighted by Gasteiger charge is 2.27. The van der Waals surface area contributed by atoms with Gasteiger partial charge in [0.15, 0.2) is 17.3 Å². The number of thiazole rings is 1. The minimum absolute atomic E-state index is 0.00332. The van der Waals surface area contributed by atoms with E-state index in [-0.39, 0.29) is 29.9 Å². The van der Waals surface area contributed by atoms with Crippen LogP contribution in [0.5, 0.6) is 0 Å². The number of amides is 1. The average Bonchev–Trinajstić information content (AvgIpc) is 3.07. The van der Waals surface area contributed by atoms with Crippen LogP contribution in [-0.4, -0.2) is 71.7 Å². The van der Waals surface area contributed by atoms with Crippen LogP contribution in [-0.2, 0) is 6.42 Å². The number of anilines is 1. The number of carbonyl (C=O) groups is 1. The van der Waals surface area contributed by atoms with Gasteiger partial charge < -0.3 is 20.2 Å². The third kappa shape index (κ3) is 3.99. The molecule has 34 heavy (non-hydrogen) atoms. The number of aliphatic hydroxyl groups excluding tert-OH is 1. The Labute approximate surface area is 200 Å². The van der Waals surface area contributed by atoms with Gasteiger partial charge in [-0.1, -0.05) is 6.08 Å². The number of likely N-dealkylation sites (N-methyl/N-ethyl adjacent to an activating group) is 1.